The summed E-state index contributed by atoms with van der Waals surface area (Å²) < 4.78 is 5.26. The van der Waals surface area contributed by atoms with E-state index in [2.05, 4.69) is 6.07 Å². The fourth-order valence-electron chi connectivity index (χ4n) is 2.20. The highest BCUT2D eigenvalue weighted by molar-refractivity contribution is 7.09. The molecule has 0 saturated heterocycles. The molecule has 0 spiro atoms. The molecule has 0 aliphatic rings. The van der Waals surface area contributed by atoms with Crippen LogP contribution in [0.5, 0.6) is 5.75 Å². The van der Waals surface area contributed by atoms with Crippen molar-refractivity contribution in [3.05, 3.63) is 46.2 Å². The molecule has 2 aromatic rings. The van der Waals surface area contributed by atoms with E-state index in [9.17, 15) is 4.79 Å². The molecule has 1 amide bonds. The van der Waals surface area contributed by atoms with Gasteiger partial charge in [-0.2, -0.15) is 0 Å². The number of ether oxygens (including phenoxy) is 1. The Balaban J connectivity index is 2.17. The molecule has 1 unspecified atom stereocenters. The number of carbonyl (C=O) groups is 1. The number of nitrogens with two attached hydrogens (primary N) is 1. The summed E-state index contributed by atoms with van der Waals surface area (Å²) in [4.78, 5) is 15.6. The lowest BCUT2D eigenvalue weighted by atomic mass is 10.1. The molecule has 0 radical (unpaired) electrons. The number of benzene rings is 1. The van der Waals surface area contributed by atoms with Gasteiger partial charge in [0.2, 0.25) is 0 Å². The molecule has 0 saturated carbocycles. The van der Waals surface area contributed by atoms with E-state index in [0.29, 0.717) is 17.0 Å². The van der Waals surface area contributed by atoms with E-state index in [0.717, 1.165) is 6.42 Å². The van der Waals surface area contributed by atoms with Gasteiger partial charge < -0.3 is 15.4 Å². The first-order valence-electron chi connectivity index (χ1n) is 6.76. The molecule has 2 rings (SSSR count). The number of amides is 1. The highest BCUT2D eigenvalue weighted by atomic mass is 32.1. The first-order valence-corrected chi connectivity index (χ1v) is 7.64. The topological polar surface area (TPSA) is 55.6 Å². The van der Waals surface area contributed by atoms with E-state index in [1.54, 1.807) is 34.4 Å². The SMILES string of the molecule is COc1c(N)cccc1C(=O)N(C)C(C)Cc1cccs1. The molecule has 112 valence electrons. The maximum absolute atomic E-state index is 12.6. The largest absolute Gasteiger partial charge is 0.494 e. The predicted molar refractivity (Wildman–Crippen MR) is 87.0 cm³/mol. The molecular weight excluding hydrogens is 284 g/mol. The third-order valence-electron chi connectivity index (χ3n) is 3.54. The summed E-state index contributed by atoms with van der Waals surface area (Å²) >= 11 is 1.70. The van der Waals surface area contributed by atoms with Crippen LogP contribution >= 0.6 is 11.3 Å². The number of nitrogen functional groups attached to an aromatic ring is 1. The fourth-order valence-corrected chi connectivity index (χ4v) is 3.02. The molecule has 1 heterocycles. The number of hydrogen-bond acceptors (Lipinski definition) is 4. The molecule has 1 aromatic heterocycles. The van der Waals surface area contributed by atoms with Crippen molar-refractivity contribution in [2.45, 2.75) is 19.4 Å². The summed E-state index contributed by atoms with van der Waals surface area (Å²) in [6.45, 7) is 2.04. The number of nitrogens with zero attached hydrogens (tertiary/aromatic N) is 1. The molecule has 4 nitrogen and oxygen atoms in total. The van der Waals surface area contributed by atoms with Crippen molar-refractivity contribution in [1.82, 2.24) is 4.90 Å². The molecule has 0 aliphatic carbocycles. The number of likely N-dealkylation sites (N-methyl/N-ethyl adjacent to an activating group) is 1. The van der Waals surface area contributed by atoms with Crippen molar-refractivity contribution < 1.29 is 9.53 Å². The lowest BCUT2D eigenvalue weighted by Gasteiger charge is -2.25. The molecule has 21 heavy (non-hydrogen) atoms. The number of thiophene rings is 1. The molecule has 0 fully saturated rings. The Labute approximate surface area is 129 Å². The van der Waals surface area contributed by atoms with Crippen LogP contribution in [0.2, 0.25) is 0 Å². The highest BCUT2D eigenvalue weighted by Gasteiger charge is 2.22. The van der Waals surface area contributed by atoms with Crippen molar-refractivity contribution in [3.63, 3.8) is 0 Å². The van der Waals surface area contributed by atoms with Gasteiger partial charge in [-0.05, 0) is 30.5 Å². The van der Waals surface area contributed by atoms with Crippen LogP contribution in [0.25, 0.3) is 0 Å². The summed E-state index contributed by atoms with van der Waals surface area (Å²) in [5, 5.41) is 2.05. The van der Waals surface area contributed by atoms with Crippen molar-refractivity contribution in [2.24, 2.45) is 0 Å². The molecule has 5 heteroatoms. The Kier molecular flexibility index (Phi) is 4.85. The summed E-state index contributed by atoms with van der Waals surface area (Å²) in [5.41, 5.74) is 6.83. The summed E-state index contributed by atoms with van der Waals surface area (Å²) in [5.74, 6) is 0.362. The first-order chi connectivity index (χ1) is 10.0. The van der Waals surface area contributed by atoms with Gasteiger partial charge in [-0.15, -0.1) is 11.3 Å². The minimum Gasteiger partial charge on any atom is -0.494 e. The van der Waals surface area contributed by atoms with Crippen molar-refractivity contribution >= 4 is 22.9 Å². The van der Waals surface area contributed by atoms with Gasteiger partial charge in [0, 0.05) is 24.4 Å². The quantitative estimate of drug-likeness (QED) is 0.864. The minimum atomic E-state index is -0.0804. The average molecular weight is 304 g/mol. The van der Waals surface area contributed by atoms with Crippen LogP contribution in [0.1, 0.15) is 22.2 Å². The number of carbonyl (C=O) groups excluding carboxylic acids is 1. The number of hydrogen-bond donors (Lipinski definition) is 1. The van der Waals surface area contributed by atoms with Gasteiger partial charge in [0.05, 0.1) is 18.4 Å². The zero-order valence-corrected chi connectivity index (χ0v) is 13.3. The Morgan fingerprint density at radius 2 is 2.14 bits per heavy atom. The van der Waals surface area contributed by atoms with Gasteiger partial charge in [-0.3, -0.25) is 4.79 Å². The summed E-state index contributed by atoms with van der Waals surface area (Å²) in [6, 6.07) is 9.44. The molecule has 0 aliphatic heterocycles. The van der Waals surface area contributed by atoms with E-state index in [1.807, 2.05) is 25.4 Å². The van der Waals surface area contributed by atoms with Crippen molar-refractivity contribution in [3.8, 4) is 5.75 Å². The van der Waals surface area contributed by atoms with Crippen LogP contribution in [0, 0.1) is 0 Å². The lowest BCUT2D eigenvalue weighted by molar-refractivity contribution is 0.0740. The van der Waals surface area contributed by atoms with E-state index in [4.69, 9.17) is 10.5 Å². The van der Waals surface area contributed by atoms with Crippen LogP contribution < -0.4 is 10.5 Å². The van der Waals surface area contributed by atoms with Gasteiger partial charge in [0.25, 0.3) is 5.91 Å². The maximum atomic E-state index is 12.6. The highest BCUT2D eigenvalue weighted by Crippen LogP contribution is 2.27. The van der Waals surface area contributed by atoms with E-state index in [-0.39, 0.29) is 11.9 Å². The Hall–Kier alpha value is -2.01. The second-order valence-corrected chi connectivity index (χ2v) is 6.01. The van der Waals surface area contributed by atoms with Gasteiger partial charge in [0.1, 0.15) is 0 Å². The van der Waals surface area contributed by atoms with Gasteiger partial charge >= 0.3 is 0 Å². The Morgan fingerprint density at radius 1 is 1.38 bits per heavy atom. The van der Waals surface area contributed by atoms with E-state index >= 15 is 0 Å². The number of rotatable bonds is 5. The second-order valence-electron chi connectivity index (χ2n) is 4.98. The van der Waals surface area contributed by atoms with Gasteiger partial charge in [-0.25, -0.2) is 0 Å². The summed E-state index contributed by atoms with van der Waals surface area (Å²) in [6.07, 6.45) is 0.838. The normalized spacial score (nSPS) is 12.0. The molecule has 1 atom stereocenters. The molecular formula is C16H20N2O2S. The standard InChI is InChI=1S/C16H20N2O2S/c1-11(10-12-6-5-9-21-12)18(2)16(19)13-7-4-8-14(17)15(13)20-3/h4-9,11H,10,17H2,1-3H3. The first kappa shape index (κ1) is 15.4. The van der Waals surface area contributed by atoms with Crippen LogP contribution in [-0.2, 0) is 6.42 Å². The number of methoxy groups -OCH3 is 1. The average Bonchev–Trinajstić information content (AvgIpc) is 2.98. The fraction of sp³-hybridized carbons (Fsp3) is 0.312. The Bertz CT molecular complexity index is 611. The molecule has 1 aromatic carbocycles. The van der Waals surface area contributed by atoms with Gasteiger partial charge in [0.15, 0.2) is 5.75 Å². The number of anilines is 1. The van der Waals surface area contributed by atoms with Crippen LogP contribution in [0.15, 0.2) is 35.7 Å². The van der Waals surface area contributed by atoms with Crippen LogP contribution in [0.3, 0.4) is 0 Å². The maximum Gasteiger partial charge on any atom is 0.257 e. The summed E-state index contributed by atoms with van der Waals surface area (Å²) in [7, 11) is 3.33. The van der Waals surface area contributed by atoms with Crippen LogP contribution in [0.4, 0.5) is 5.69 Å². The monoisotopic (exact) mass is 304 g/mol. The van der Waals surface area contributed by atoms with Crippen molar-refractivity contribution in [1.29, 1.82) is 0 Å². The van der Waals surface area contributed by atoms with Gasteiger partial charge in [-0.1, -0.05) is 12.1 Å². The molecule has 0 bridgehead atoms. The van der Waals surface area contributed by atoms with E-state index < -0.39 is 0 Å². The smallest absolute Gasteiger partial charge is 0.257 e. The Morgan fingerprint density at radius 3 is 2.76 bits per heavy atom. The lowest BCUT2D eigenvalue weighted by Crippen LogP contribution is -2.36. The van der Waals surface area contributed by atoms with Crippen LogP contribution in [-0.4, -0.2) is 31.0 Å². The molecule has 2 N–H and O–H groups in total. The van der Waals surface area contributed by atoms with Crippen molar-refractivity contribution in [2.75, 3.05) is 19.9 Å². The third-order valence-corrected chi connectivity index (χ3v) is 4.44. The second kappa shape index (κ2) is 6.63. The number of para-hydroxylation sites is 1. The zero-order valence-electron chi connectivity index (χ0n) is 12.5. The predicted octanol–water partition coefficient (Wildman–Crippen LogP) is 3.04. The minimum absolute atomic E-state index is 0.0804. The third kappa shape index (κ3) is 3.36. The van der Waals surface area contributed by atoms with E-state index in [1.165, 1.54) is 12.0 Å². The zero-order chi connectivity index (χ0) is 15.4.